The van der Waals surface area contributed by atoms with Gasteiger partial charge in [-0.2, -0.15) is 0 Å². The van der Waals surface area contributed by atoms with Crippen molar-refractivity contribution in [1.82, 2.24) is 4.90 Å². The summed E-state index contributed by atoms with van der Waals surface area (Å²) in [7, 11) is -3.15. The van der Waals surface area contributed by atoms with E-state index in [1.165, 1.54) is 6.26 Å². The standard InChI is InChI=1S/C16H23NO4S/c1-22(19,20)14-5-3-13(4-6-14)11-17-9-8-16(15(18)12-17)7-2-10-21-16/h3-6,15,18H,2,7-12H2,1H3/t15-,16-/m0/s1. The van der Waals surface area contributed by atoms with Crippen molar-refractivity contribution in [2.75, 3.05) is 26.0 Å². The molecule has 2 heterocycles. The summed E-state index contributed by atoms with van der Waals surface area (Å²) in [6.07, 6.45) is 3.60. The molecule has 0 saturated carbocycles. The Labute approximate surface area is 131 Å². The quantitative estimate of drug-likeness (QED) is 0.905. The lowest BCUT2D eigenvalue weighted by Gasteiger charge is -2.42. The van der Waals surface area contributed by atoms with E-state index >= 15 is 0 Å². The van der Waals surface area contributed by atoms with Gasteiger partial charge in [0.25, 0.3) is 0 Å². The Kier molecular flexibility index (Phi) is 4.29. The third kappa shape index (κ3) is 3.20. The largest absolute Gasteiger partial charge is 0.389 e. The second kappa shape index (κ2) is 5.92. The highest BCUT2D eigenvalue weighted by Crippen LogP contribution is 2.36. The number of aliphatic hydroxyl groups is 1. The molecule has 3 rings (SSSR count). The number of benzene rings is 1. The maximum Gasteiger partial charge on any atom is 0.175 e. The van der Waals surface area contributed by atoms with Crippen LogP contribution in [0.3, 0.4) is 0 Å². The molecular formula is C16H23NO4S. The Balaban J connectivity index is 1.63. The number of hydrogen-bond donors (Lipinski definition) is 1. The summed E-state index contributed by atoms with van der Waals surface area (Å²) in [6.45, 7) is 2.97. The molecular weight excluding hydrogens is 302 g/mol. The number of piperidine rings is 1. The highest BCUT2D eigenvalue weighted by atomic mass is 32.2. The van der Waals surface area contributed by atoms with Crippen molar-refractivity contribution in [3.8, 4) is 0 Å². The maximum absolute atomic E-state index is 11.5. The molecule has 1 spiro atoms. The number of rotatable bonds is 3. The highest BCUT2D eigenvalue weighted by Gasteiger charge is 2.45. The van der Waals surface area contributed by atoms with Gasteiger partial charge in [-0.3, -0.25) is 4.90 Å². The number of β-amino-alcohol motifs (C(OH)–C–C–N with tert-alkyl or cyclic N) is 1. The number of hydrogen-bond acceptors (Lipinski definition) is 5. The number of likely N-dealkylation sites (tertiary alicyclic amines) is 1. The first-order valence-corrected chi connectivity index (χ1v) is 9.62. The van der Waals surface area contributed by atoms with Crippen LogP contribution in [0.1, 0.15) is 24.8 Å². The van der Waals surface area contributed by atoms with Crippen LogP contribution in [0.15, 0.2) is 29.2 Å². The fourth-order valence-corrected chi connectivity index (χ4v) is 4.07. The predicted molar refractivity (Wildman–Crippen MR) is 83.4 cm³/mol. The van der Waals surface area contributed by atoms with Gasteiger partial charge in [0.15, 0.2) is 9.84 Å². The van der Waals surface area contributed by atoms with E-state index in [0.717, 1.165) is 44.5 Å². The van der Waals surface area contributed by atoms with Crippen molar-refractivity contribution < 1.29 is 18.3 Å². The van der Waals surface area contributed by atoms with Crippen LogP contribution >= 0.6 is 0 Å². The van der Waals surface area contributed by atoms with Crippen LogP contribution in [-0.2, 0) is 21.1 Å². The maximum atomic E-state index is 11.5. The average molecular weight is 325 g/mol. The van der Waals surface area contributed by atoms with E-state index in [1.54, 1.807) is 12.1 Å². The molecule has 122 valence electrons. The van der Waals surface area contributed by atoms with E-state index in [9.17, 15) is 13.5 Å². The van der Waals surface area contributed by atoms with Crippen molar-refractivity contribution in [3.63, 3.8) is 0 Å². The molecule has 0 aromatic heterocycles. The Morgan fingerprint density at radius 2 is 2.05 bits per heavy atom. The first-order chi connectivity index (χ1) is 10.4. The number of nitrogens with zero attached hydrogens (tertiary/aromatic N) is 1. The fourth-order valence-electron chi connectivity index (χ4n) is 3.44. The summed E-state index contributed by atoms with van der Waals surface area (Å²) in [5.74, 6) is 0. The number of ether oxygens (including phenoxy) is 1. The zero-order valence-electron chi connectivity index (χ0n) is 12.9. The van der Waals surface area contributed by atoms with Crippen LogP contribution in [-0.4, -0.2) is 56.1 Å². The van der Waals surface area contributed by atoms with Crippen LogP contribution in [0.2, 0.25) is 0 Å². The van der Waals surface area contributed by atoms with Gasteiger partial charge >= 0.3 is 0 Å². The van der Waals surface area contributed by atoms with Crippen LogP contribution in [0.5, 0.6) is 0 Å². The highest BCUT2D eigenvalue weighted by molar-refractivity contribution is 7.90. The van der Waals surface area contributed by atoms with Crippen LogP contribution in [0.25, 0.3) is 0 Å². The van der Waals surface area contributed by atoms with E-state index in [2.05, 4.69) is 4.90 Å². The normalized spacial score (nSPS) is 30.0. The Morgan fingerprint density at radius 1 is 1.32 bits per heavy atom. The minimum absolute atomic E-state index is 0.323. The van der Waals surface area contributed by atoms with Gasteiger partial charge in [-0.05, 0) is 37.0 Å². The van der Waals surface area contributed by atoms with E-state index in [0.29, 0.717) is 11.4 Å². The third-order valence-corrected chi connectivity index (χ3v) is 5.91. The molecule has 2 fully saturated rings. The lowest BCUT2D eigenvalue weighted by Crippen LogP contribution is -2.54. The average Bonchev–Trinajstić information content (AvgIpc) is 2.93. The molecule has 0 radical (unpaired) electrons. The monoisotopic (exact) mass is 325 g/mol. The molecule has 5 nitrogen and oxygen atoms in total. The number of sulfone groups is 1. The van der Waals surface area contributed by atoms with Crippen molar-refractivity contribution in [2.24, 2.45) is 0 Å². The molecule has 6 heteroatoms. The molecule has 0 aliphatic carbocycles. The molecule has 0 amide bonds. The van der Waals surface area contributed by atoms with Gasteiger partial charge in [0.1, 0.15) is 0 Å². The van der Waals surface area contributed by atoms with E-state index < -0.39 is 15.9 Å². The van der Waals surface area contributed by atoms with Gasteiger partial charge < -0.3 is 9.84 Å². The van der Waals surface area contributed by atoms with Gasteiger partial charge in [-0.1, -0.05) is 12.1 Å². The van der Waals surface area contributed by atoms with Crippen molar-refractivity contribution in [1.29, 1.82) is 0 Å². The van der Waals surface area contributed by atoms with Crippen molar-refractivity contribution in [3.05, 3.63) is 29.8 Å². The lowest BCUT2D eigenvalue weighted by molar-refractivity contribution is -0.130. The lowest BCUT2D eigenvalue weighted by atomic mass is 9.86. The molecule has 1 aromatic rings. The van der Waals surface area contributed by atoms with Crippen LogP contribution < -0.4 is 0 Å². The first kappa shape index (κ1) is 15.9. The van der Waals surface area contributed by atoms with Gasteiger partial charge in [0.05, 0.1) is 16.6 Å². The third-order valence-electron chi connectivity index (χ3n) is 4.78. The van der Waals surface area contributed by atoms with Crippen LogP contribution in [0.4, 0.5) is 0 Å². The summed E-state index contributed by atoms with van der Waals surface area (Å²) >= 11 is 0. The van der Waals surface area contributed by atoms with Gasteiger partial charge in [0, 0.05) is 32.5 Å². The van der Waals surface area contributed by atoms with Crippen molar-refractivity contribution >= 4 is 9.84 Å². The second-order valence-corrected chi connectivity index (χ2v) is 8.45. The molecule has 2 atom stereocenters. The molecule has 0 bridgehead atoms. The molecule has 22 heavy (non-hydrogen) atoms. The summed E-state index contributed by atoms with van der Waals surface area (Å²) in [6, 6.07) is 6.98. The smallest absolute Gasteiger partial charge is 0.175 e. The molecule has 2 aliphatic rings. The van der Waals surface area contributed by atoms with Gasteiger partial charge in [0.2, 0.25) is 0 Å². The molecule has 1 N–H and O–H groups in total. The molecule has 2 aliphatic heterocycles. The van der Waals surface area contributed by atoms with E-state index in [1.807, 2.05) is 12.1 Å². The predicted octanol–water partition coefficient (Wildman–Crippen LogP) is 1.21. The Morgan fingerprint density at radius 3 is 2.59 bits per heavy atom. The van der Waals surface area contributed by atoms with E-state index in [4.69, 9.17) is 4.74 Å². The molecule has 1 aromatic carbocycles. The van der Waals surface area contributed by atoms with Gasteiger partial charge in [-0.15, -0.1) is 0 Å². The zero-order chi connectivity index (χ0) is 15.8. The Hall–Kier alpha value is -0.950. The summed E-state index contributed by atoms with van der Waals surface area (Å²) in [5, 5.41) is 10.4. The first-order valence-electron chi connectivity index (χ1n) is 7.72. The number of aliphatic hydroxyl groups excluding tert-OH is 1. The summed E-state index contributed by atoms with van der Waals surface area (Å²) < 4.78 is 28.7. The van der Waals surface area contributed by atoms with Crippen molar-refractivity contribution in [2.45, 2.75) is 42.4 Å². The molecule has 2 saturated heterocycles. The fraction of sp³-hybridized carbons (Fsp3) is 0.625. The minimum Gasteiger partial charge on any atom is -0.389 e. The van der Waals surface area contributed by atoms with Gasteiger partial charge in [-0.25, -0.2) is 8.42 Å². The second-order valence-electron chi connectivity index (χ2n) is 6.43. The summed E-state index contributed by atoms with van der Waals surface area (Å²) in [4.78, 5) is 2.54. The minimum atomic E-state index is -3.15. The van der Waals surface area contributed by atoms with Crippen LogP contribution in [0, 0.1) is 0 Å². The molecule has 0 unspecified atom stereocenters. The van der Waals surface area contributed by atoms with E-state index in [-0.39, 0.29) is 5.60 Å². The zero-order valence-corrected chi connectivity index (χ0v) is 13.7. The SMILES string of the molecule is CS(=O)(=O)c1ccc(CN2CC[C@@]3(CCCO3)[C@@H](O)C2)cc1. The topological polar surface area (TPSA) is 66.8 Å². The summed E-state index contributed by atoms with van der Waals surface area (Å²) in [5.41, 5.74) is 0.735. The Bertz CT molecular complexity index is 620.